The molecule has 0 unspecified atom stereocenters. The van der Waals surface area contributed by atoms with Crippen molar-refractivity contribution in [2.75, 3.05) is 13.7 Å². The Labute approximate surface area is 167 Å². The summed E-state index contributed by atoms with van der Waals surface area (Å²) >= 11 is 0. The van der Waals surface area contributed by atoms with Gasteiger partial charge < -0.3 is 40.0 Å². The number of amides is 2. The molecular weight excluding hydrogens is 392 g/mol. The minimum absolute atomic E-state index is 0.609. The molecular formula is C17H28N2O10. The van der Waals surface area contributed by atoms with E-state index in [0.717, 1.165) is 20.1 Å². The van der Waals surface area contributed by atoms with Crippen molar-refractivity contribution in [2.45, 2.75) is 63.4 Å². The number of aliphatic hydroxyl groups excluding tert-OH is 3. The van der Waals surface area contributed by atoms with Crippen molar-refractivity contribution in [3.8, 4) is 0 Å². The number of aliphatic hydroxyl groups is 4. The molecule has 0 saturated carbocycles. The molecule has 5 atom stereocenters. The molecule has 12 heteroatoms. The summed E-state index contributed by atoms with van der Waals surface area (Å²) in [4.78, 5) is 35.9. The monoisotopic (exact) mass is 420 g/mol. The van der Waals surface area contributed by atoms with E-state index in [1.165, 1.54) is 0 Å². The fourth-order valence-corrected chi connectivity index (χ4v) is 2.58. The molecule has 6 N–H and O–H groups in total. The second-order valence-corrected chi connectivity index (χ2v) is 7.45. The van der Waals surface area contributed by atoms with Gasteiger partial charge in [-0.05, 0) is 20.8 Å². The van der Waals surface area contributed by atoms with E-state index in [9.17, 15) is 29.7 Å². The number of rotatable bonds is 6. The van der Waals surface area contributed by atoms with Crippen LogP contribution in [-0.2, 0) is 23.8 Å². The van der Waals surface area contributed by atoms with E-state index in [1.54, 1.807) is 20.8 Å². The predicted molar refractivity (Wildman–Crippen MR) is 96.0 cm³/mol. The molecule has 2 amide bonds. The van der Waals surface area contributed by atoms with E-state index in [1.807, 2.05) is 0 Å². The van der Waals surface area contributed by atoms with E-state index in [-0.39, 0.29) is 0 Å². The Kier molecular flexibility index (Phi) is 7.98. The second-order valence-electron chi connectivity index (χ2n) is 7.45. The number of nitrogens with one attached hydrogen (secondary N) is 2. The van der Waals surface area contributed by atoms with Gasteiger partial charge in [0.05, 0.1) is 13.7 Å². The van der Waals surface area contributed by atoms with Gasteiger partial charge in [0, 0.05) is 13.0 Å². The molecule has 0 aromatic rings. The predicted octanol–water partition coefficient (Wildman–Crippen LogP) is -2.13. The van der Waals surface area contributed by atoms with E-state index in [2.05, 4.69) is 15.4 Å². The highest BCUT2D eigenvalue weighted by Crippen LogP contribution is 2.29. The third-order valence-electron chi connectivity index (χ3n) is 3.78. The molecule has 0 spiro atoms. The van der Waals surface area contributed by atoms with Crippen LogP contribution >= 0.6 is 0 Å². The largest absolute Gasteiger partial charge is 0.478 e. The Bertz CT molecular complexity index is 659. The van der Waals surface area contributed by atoms with Gasteiger partial charge in [-0.15, -0.1) is 0 Å². The molecule has 0 aliphatic carbocycles. The van der Waals surface area contributed by atoms with E-state index in [4.69, 9.17) is 14.6 Å². The zero-order chi connectivity index (χ0) is 22.6. The van der Waals surface area contributed by atoms with Gasteiger partial charge >= 0.3 is 12.1 Å². The van der Waals surface area contributed by atoms with Crippen LogP contribution in [0.25, 0.3) is 0 Å². The van der Waals surface area contributed by atoms with Crippen LogP contribution in [0.2, 0.25) is 0 Å². The maximum absolute atomic E-state index is 12.2. The van der Waals surface area contributed by atoms with Gasteiger partial charge in [0.15, 0.2) is 11.8 Å². The number of carbonyl (C=O) groups is 3. The third-order valence-corrected chi connectivity index (χ3v) is 3.78. The number of carbonyl (C=O) groups excluding carboxylic acids is 3. The summed E-state index contributed by atoms with van der Waals surface area (Å²) in [5, 5.41) is 44.7. The SMILES string of the molecule is COC(=O)C1=C[C@@](O)(NC(=O)OC(C)(C)C)[C@@H](NC(C)=O)[C@H]([C@H](O)[C@H](O)CO)O1. The first-order valence-corrected chi connectivity index (χ1v) is 8.69. The third kappa shape index (κ3) is 6.56. The molecule has 0 fully saturated rings. The van der Waals surface area contributed by atoms with Crippen molar-refractivity contribution in [3.63, 3.8) is 0 Å². The first-order chi connectivity index (χ1) is 13.2. The lowest BCUT2D eigenvalue weighted by atomic mass is 9.89. The molecule has 0 bridgehead atoms. The fourth-order valence-electron chi connectivity index (χ4n) is 2.58. The standard InChI is InChI=1S/C17H28N2O10/c1-8(21)18-13-12(11(23)9(22)7-20)28-10(14(24)27-5)6-17(13,26)19-15(25)29-16(2,3)4/h6,9,11-13,20,22-23,26H,7H2,1-5H3,(H,18,21)(H,19,25)/t9-,11-,12+,13+,17+/m1/s1. The van der Waals surface area contributed by atoms with Gasteiger partial charge in [-0.3, -0.25) is 10.1 Å². The van der Waals surface area contributed by atoms with Gasteiger partial charge in [0.2, 0.25) is 11.7 Å². The molecule has 0 aromatic heterocycles. The highest BCUT2D eigenvalue weighted by Gasteiger charge is 2.52. The molecule has 0 radical (unpaired) electrons. The number of alkyl carbamates (subject to hydrolysis) is 1. The van der Waals surface area contributed by atoms with Crippen LogP contribution in [0.15, 0.2) is 11.8 Å². The molecule has 1 aliphatic rings. The lowest BCUT2D eigenvalue weighted by Crippen LogP contribution is -2.70. The van der Waals surface area contributed by atoms with Crippen LogP contribution in [0.1, 0.15) is 27.7 Å². The summed E-state index contributed by atoms with van der Waals surface area (Å²) in [6, 6.07) is -1.59. The first-order valence-electron chi connectivity index (χ1n) is 8.69. The van der Waals surface area contributed by atoms with Crippen LogP contribution in [-0.4, -0.2) is 87.8 Å². The Morgan fingerprint density at radius 2 is 1.90 bits per heavy atom. The van der Waals surface area contributed by atoms with E-state index >= 15 is 0 Å². The minimum Gasteiger partial charge on any atom is -0.478 e. The average Bonchev–Trinajstić information content (AvgIpc) is 2.58. The Morgan fingerprint density at radius 1 is 1.31 bits per heavy atom. The topological polar surface area (TPSA) is 184 Å². The molecule has 29 heavy (non-hydrogen) atoms. The summed E-state index contributed by atoms with van der Waals surface area (Å²) in [5.74, 6) is -2.36. The van der Waals surface area contributed by atoms with Crippen LogP contribution in [0, 0.1) is 0 Å². The lowest BCUT2D eigenvalue weighted by molar-refractivity contribution is -0.162. The quantitative estimate of drug-likeness (QED) is 0.205. The van der Waals surface area contributed by atoms with Crippen LogP contribution in [0.5, 0.6) is 0 Å². The first kappa shape index (κ1) is 24.6. The fraction of sp³-hybridized carbons (Fsp3) is 0.706. The number of hydrogen-bond acceptors (Lipinski definition) is 10. The van der Waals surface area contributed by atoms with Crippen molar-refractivity contribution < 1.29 is 49.0 Å². The van der Waals surface area contributed by atoms with Crippen molar-refractivity contribution >= 4 is 18.0 Å². The molecule has 0 saturated heterocycles. The Morgan fingerprint density at radius 3 is 2.34 bits per heavy atom. The zero-order valence-corrected chi connectivity index (χ0v) is 16.8. The molecule has 1 rings (SSSR count). The van der Waals surface area contributed by atoms with Crippen molar-refractivity contribution in [1.82, 2.24) is 10.6 Å². The van der Waals surface area contributed by atoms with E-state index in [0.29, 0.717) is 0 Å². The smallest absolute Gasteiger partial charge is 0.410 e. The lowest BCUT2D eigenvalue weighted by Gasteiger charge is -2.44. The van der Waals surface area contributed by atoms with Crippen LogP contribution in [0.3, 0.4) is 0 Å². The van der Waals surface area contributed by atoms with Gasteiger partial charge in [-0.25, -0.2) is 9.59 Å². The van der Waals surface area contributed by atoms with Crippen LogP contribution < -0.4 is 10.6 Å². The summed E-state index contributed by atoms with van der Waals surface area (Å²) < 4.78 is 14.9. The van der Waals surface area contributed by atoms with Crippen molar-refractivity contribution in [1.29, 1.82) is 0 Å². The van der Waals surface area contributed by atoms with Crippen LogP contribution in [0.4, 0.5) is 4.79 Å². The molecule has 1 aliphatic heterocycles. The van der Waals surface area contributed by atoms with Crippen molar-refractivity contribution in [2.24, 2.45) is 0 Å². The molecule has 12 nitrogen and oxygen atoms in total. The average molecular weight is 420 g/mol. The number of methoxy groups -OCH3 is 1. The molecule has 1 heterocycles. The Balaban J connectivity index is 3.43. The van der Waals surface area contributed by atoms with Gasteiger partial charge in [-0.2, -0.15) is 0 Å². The highest BCUT2D eigenvalue weighted by atomic mass is 16.6. The van der Waals surface area contributed by atoms with Crippen molar-refractivity contribution in [3.05, 3.63) is 11.8 Å². The number of esters is 1. The van der Waals surface area contributed by atoms with Gasteiger partial charge in [-0.1, -0.05) is 0 Å². The minimum atomic E-state index is -2.49. The van der Waals surface area contributed by atoms with Gasteiger partial charge in [0.1, 0.15) is 23.9 Å². The summed E-state index contributed by atoms with van der Waals surface area (Å²) in [5.41, 5.74) is -3.42. The Hall–Kier alpha value is -2.41. The van der Waals surface area contributed by atoms with Gasteiger partial charge in [0.25, 0.3) is 0 Å². The van der Waals surface area contributed by atoms with E-state index < -0.39 is 66.0 Å². The molecule has 166 valence electrons. The maximum atomic E-state index is 12.2. The normalized spacial score (nSPS) is 26.3. The number of ether oxygens (including phenoxy) is 3. The summed E-state index contributed by atoms with van der Waals surface area (Å²) in [6.45, 7) is 4.94. The highest BCUT2D eigenvalue weighted by molar-refractivity contribution is 5.87. The summed E-state index contributed by atoms with van der Waals surface area (Å²) in [7, 11) is 1.03. The number of hydrogen-bond donors (Lipinski definition) is 6. The molecule has 0 aromatic carbocycles. The second kappa shape index (κ2) is 9.39. The summed E-state index contributed by atoms with van der Waals surface area (Å²) in [6.07, 6.45) is -5.62. The maximum Gasteiger partial charge on any atom is 0.410 e. The zero-order valence-electron chi connectivity index (χ0n) is 16.8.